The van der Waals surface area contributed by atoms with Crippen molar-refractivity contribution in [3.05, 3.63) is 35.6 Å². The first kappa shape index (κ1) is 13.5. The second-order valence-electron chi connectivity index (χ2n) is 3.22. The molecule has 17 heavy (non-hydrogen) atoms. The van der Waals surface area contributed by atoms with Gasteiger partial charge in [0, 0.05) is 0 Å². The first-order valence-corrected chi connectivity index (χ1v) is 5.82. The summed E-state index contributed by atoms with van der Waals surface area (Å²) in [5.74, 6) is -1.40. The average molecular weight is 257 g/mol. The zero-order chi connectivity index (χ0) is 12.8. The number of hydrogen-bond donors (Lipinski definition) is 1. The van der Waals surface area contributed by atoms with Crippen LogP contribution in [0.5, 0.6) is 0 Å². The zero-order valence-electron chi connectivity index (χ0n) is 9.18. The molecule has 0 unspecified atom stereocenters. The van der Waals surface area contributed by atoms with E-state index in [-0.39, 0.29) is 5.75 Å². The number of methoxy groups -OCH3 is 1. The van der Waals surface area contributed by atoms with Crippen molar-refractivity contribution < 1.29 is 18.7 Å². The smallest absolute Gasteiger partial charge is 0.315 e. The summed E-state index contributed by atoms with van der Waals surface area (Å²) in [6.07, 6.45) is 0. The molecule has 0 aliphatic rings. The van der Waals surface area contributed by atoms with Crippen LogP contribution in [-0.2, 0) is 14.3 Å². The Labute approximate surface area is 102 Å². The van der Waals surface area contributed by atoms with Crippen LogP contribution in [0.1, 0.15) is 10.8 Å². The highest BCUT2D eigenvalue weighted by molar-refractivity contribution is 8.00. The lowest BCUT2D eigenvalue weighted by atomic mass is 10.1. The lowest BCUT2D eigenvalue weighted by molar-refractivity contribution is -0.137. The molecule has 0 spiro atoms. The number of amides is 1. The van der Waals surface area contributed by atoms with Crippen molar-refractivity contribution in [1.29, 1.82) is 0 Å². The maximum atomic E-state index is 12.7. The van der Waals surface area contributed by atoms with E-state index in [0.29, 0.717) is 5.56 Å². The van der Waals surface area contributed by atoms with Gasteiger partial charge in [-0.3, -0.25) is 9.59 Å². The standard InChI is InChI=1S/C11H12FNO3S/c1-16-9(14)6-17-10(11(13)15)7-2-4-8(12)5-3-7/h2-5,10H,6H2,1H3,(H2,13,15)/t10-/m1/s1. The van der Waals surface area contributed by atoms with Gasteiger partial charge in [0.15, 0.2) is 0 Å². The van der Waals surface area contributed by atoms with E-state index >= 15 is 0 Å². The lowest BCUT2D eigenvalue weighted by Gasteiger charge is -2.12. The van der Waals surface area contributed by atoms with Crippen molar-refractivity contribution in [2.45, 2.75) is 5.25 Å². The minimum absolute atomic E-state index is 0.0154. The van der Waals surface area contributed by atoms with Gasteiger partial charge in [0.25, 0.3) is 0 Å². The molecule has 1 aromatic rings. The molecular weight excluding hydrogens is 245 g/mol. The third-order valence-electron chi connectivity index (χ3n) is 2.03. The normalized spacial score (nSPS) is 11.9. The van der Waals surface area contributed by atoms with Crippen LogP contribution in [0.15, 0.2) is 24.3 Å². The summed E-state index contributed by atoms with van der Waals surface area (Å²) in [4.78, 5) is 22.2. The molecule has 1 amide bonds. The molecular formula is C11H12FNO3S. The van der Waals surface area contributed by atoms with Gasteiger partial charge >= 0.3 is 5.97 Å². The van der Waals surface area contributed by atoms with Crippen LogP contribution >= 0.6 is 11.8 Å². The van der Waals surface area contributed by atoms with Crippen molar-refractivity contribution >= 4 is 23.6 Å². The van der Waals surface area contributed by atoms with Gasteiger partial charge in [0.2, 0.25) is 5.91 Å². The minimum Gasteiger partial charge on any atom is -0.468 e. The van der Waals surface area contributed by atoms with Crippen molar-refractivity contribution in [1.82, 2.24) is 0 Å². The van der Waals surface area contributed by atoms with Gasteiger partial charge in [-0.1, -0.05) is 12.1 Å². The molecule has 0 aromatic heterocycles. The Balaban J connectivity index is 2.75. The van der Waals surface area contributed by atoms with Gasteiger partial charge < -0.3 is 10.5 Å². The zero-order valence-corrected chi connectivity index (χ0v) is 10.00. The molecule has 0 aliphatic carbocycles. The van der Waals surface area contributed by atoms with E-state index in [1.807, 2.05) is 0 Å². The van der Waals surface area contributed by atoms with Gasteiger partial charge in [-0.05, 0) is 17.7 Å². The molecule has 0 bridgehead atoms. The molecule has 1 aromatic carbocycles. The molecule has 0 fully saturated rings. The van der Waals surface area contributed by atoms with Crippen LogP contribution in [0.25, 0.3) is 0 Å². The molecule has 2 N–H and O–H groups in total. The van der Waals surface area contributed by atoms with Crippen LogP contribution < -0.4 is 5.73 Å². The fourth-order valence-corrected chi connectivity index (χ4v) is 2.12. The topological polar surface area (TPSA) is 69.4 Å². The summed E-state index contributed by atoms with van der Waals surface area (Å²) < 4.78 is 17.2. The summed E-state index contributed by atoms with van der Waals surface area (Å²) >= 11 is 1.05. The first-order chi connectivity index (χ1) is 8.04. The number of carbonyl (C=O) groups is 2. The molecule has 1 atom stereocenters. The number of thioether (sulfide) groups is 1. The Morgan fingerprint density at radius 3 is 2.47 bits per heavy atom. The molecule has 0 saturated heterocycles. The SMILES string of the molecule is COC(=O)CS[C@@H](C(N)=O)c1ccc(F)cc1. The Morgan fingerprint density at radius 1 is 1.41 bits per heavy atom. The van der Waals surface area contributed by atoms with Crippen molar-refractivity contribution in [3.63, 3.8) is 0 Å². The Hall–Kier alpha value is -1.56. The Morgan fingerprint density at radius 2 is 2.00 bits per heavy atom. The van der Waals surface area contributed by atoms with E-state index in [4.69, 9.17) is 5.73 Å². The predicted molar refractivity (Wildman–Crippen MR) is 62.8 cm³/mol. The predicted octanol–water partition coefficient (Wildman–Crippen LogP) is 1.26. The lowest BCUT2D eigenvalue weighted by Crippen LogP contribution is -2.20. The highest BCUT2D eigenvalue weighted by Gasteiger charge is 2.19. The van der Waals surface area contributed by atoms with Gasteiger partial charge in [0.05, 0.1) is 12.9 Å². The second-order valence-corrected chi connectivity index (χ2v) is 4.31. The maximum Gasteiger partial charge on any atom is 0.315 e. The highest BCUT2D eigenvalue weighted by Crippen LogP contribution is 2.28. The Kier molecular flexibility index (Phi) is 4.96. The summed E-state index contributed by atoms with van der Waals surface area (Å²) in [7, 11) is 1.26. The molecule has 6 heteroatoms. The van der Waals surface area contributed by atoms with E-state index in [9.17, 15) is 14.0 Å². The number of benzene rings is 1. The summed E-state index contributed by atoms with van der Waals surface area (Å²) in [5.41, 5.74) is 5.79. The van der Waals surface area contributed by atoms with Crippen LogP contribution in [0.3, 0.4) is 0 Å². The van der Waals surface area contributed by atoms with Crippen LogP contribution in [-0.4, -0.2) is 24.7 Å². The average Bonchev–Trinajstić information content (AvgIpc) is 2.31. The summed E-state index contributed by atoms with van der Waals surface area (Å²) in [6.45, 7) is 0. The molecule has 0 radical (unpaired) electrons. The van der Waals surface area contributed by atoms with E-state index < -0.39 is 22.9 Å². The number of esters is 1. The largest absolute Gasteiger partial charge is 0.468 e. The van der Waals surface area contributed by atoms with E-state index in [1.165, 1.54) is 31.4 Å². The molecule has 0 saturated carbocycles. The number of primary amides is 1. The third-order valence-corrected chi connectivity index (χ3v) is 3.27. The van der Waals surface area contributed by atoms with Crippen LogP contribution in [0.2, 0.25) is 0 Å². The van der Waals surface area contributed by atoms with E-state index in [0.717, 1.165) is 11.8 Å². The highest BCUT2D eigenvalue weighted by atomic mass is 32.2. The third kappa shape index (κ3) is 4.07. The first-order valence-electron chi connectivity index (χ1n) is 4.77. The molecule has 1 rings (SSSR count). The number of ether oxygens (including phenoxy) is 1. The molecule has 4 nitrogen and oxygen atoms in total. The van der Waals surface area contributed by atoms with Gasteiger partial charge in [-0.25, -0.2) is 4.39 Å². The number of nitrogens with two attached hydrogens (primary N) is 1. The van der Waals surface area contributed by atoms with Crippen molar-refractivity contribution in [2.24, 2.45) is 5.73 Å². The van der Waals surface area contributed by atoms with Crippen molar-refractivity contribution in [3.8, 4) is 0 Å². The van der Waals surface area contributed by atoms with Crippen molar-refractivity contribution in [2.75, 3.05) is 12.9 Å². The number of hydrogen-bond acceptors (Lipinski definition) is 4. The molecule has 92 valence electrons. The number of halogens is 1. The van der Waals surface area contributed by atoms with E-state index in [1.54, 1.807) is 0 Å². The van der Waals surface area contributed by atoms with Crippen LogP contribution in [0.4, 0.5) is 4.39 Å². The maximum absolute atomic E-state index is 12.7. The quantitative estimate of drug-likeness (QED) is 0.806. The molecule has 0 heterocycles. The monoisotopic (exact) mass is 257 g/mol. The van der Waals surface area contributed by atoms with Gasteiger partial charge in [0.1, 0.15) is 11.1 Å². The van der Waals surface area contributed by atoms with E-state index in [2.05, 4.69) is 4.74 Å². The second kappa shape index (κ2) is 6.24. The summed E-state index contributed by atoms with van der Waals surface area (Å²) in [6, 6.07) is 5.41. The fourth-order valence-electron chi connectivity index (χ4n) is 1.19. The molecule has 0 aliphatic heterocycles. The number of carbonyl (C=O) groups excluding carboxylic acids is 2. The van der Waals surface area contributed by atoms with Crippen LogP contribution in [0, 0.1) is 5.82 Å². The summed E-state index contributed by atoms with van der Waals surface area (Å²) in [5, 5.41) is -0.685. The van der Waals surface area contributed by atoms with Gasteiger partial charge in [-0.2, -0.15) is 0 Å². The Bertz CT molecular complexity index is 408. The van der Waals surface area contributed by atoms with Gasteiger partial charge in [-0.15, -0.1) is 11.8 Å². The number of rotatable bonds is 5. The minimum atomic E-state index is -0.685. The fraction of sp³-hybridized carbons (Fsp3) is 0.273.